The van der Waals surface area contributed by atoms with Gasteiger partial charge in [-0.25, -0.2) is 0 Å². The molecule has 1 aromatic carbocycles. The van der Waals surface area contributed by atoms with E-state index in [0.29, 0.717) is 5.75 Å². The second-order valence-electron chi connectivity index (χ2n) is 5.92. The Balaban J connectivity index is 2.12. The predicted molar refractivity (Wildman–Crippen MR) is 79.8 cm³/mol. The summed E-state index contributed by atoms with van der Waals surface area (Å²) in [7, 11) is 1.15. The SMILES string of the molecule is COc1cc(C=CB2OC(C)(C)C(C)(C)O2)ccc1O. The molecular weight excluding hydrogens is 255 g/mol. The lowest BCUT2D eigenvalue weighted by molar-refractivity contribution is 0.00578. The van der Waals surface area contributed by atoms with Gasteiger partial charge >= 0.3 is 7.12 Å². The van der Waals surface area contributed by atoms with Crippen molar-refractivity contribution in [1.82, 2.24) is 0 Å². The minimum atomic E-state index is -0.375. The zero-order chi connectivity index (χ0) is 15.0. The van der Waals surface area contributed by atoms with E-state index in [0.717, 1.165) is 5.56 Å². The predicted octanol–water partition coefficient (Wildman–Crippen LogP) is 3.05. The van der Waals surface area contributed by atoms with Crippen molar-refractivity contribution in [2.45, 2.75) is 38.9 Å². The normalized spacial score (nSPS) is 20.6. The first-order valence-corrected chi connectivity index (χ1v) is 6.66. The van der Waals surface area contributed by atoms with E-state index >= 15 is 0 Å². The van der Waals surface area contributed by atoms with E-state index in [-0.39, 0.29) is 24.1 Å². The van der Waals surface area contributed by atoms with Gasteiger partial charge < -0.3 is 19.2 Å². The molecule has 1 heterocycles. The number of rotatable bonds is 3. The maximum atomic E-state index is 9.55. The third kappa shape index (κ3) is 2.84. The quantitative estimate of drug-likeness (QED) is 0.862. The van der Waals surface area contributed by atoms with Gasteiger partial charge in [-0.3, -0.25) is 0 Å². The molecule has 0 aliphatic carbocycles. The molecule has 108 valence electrons. The molecule has 0 radical (unpaired) electrons. The lowest BCUT2D eigenvalue weighted by atomic mass is 9.89. The molecule has 2 rings (SSSR count). The Morgan fingerprint density at radius 1 is 1.15 bits per heavy atom. The molecule has 5 heteroatoms. The van der Waals surface area contributed by atoms with E-state index in [1.807, 2.05) is 39.7 Å². The average molecular weight is 276 g/mol. The fourth-order valence-corrected chi connectivity index (χ4v) is 1.95. The Morgan fingerprint density at radius 2 is 1.75 bits per heavy atom. The van der Waals surface area contributed by atoms with Crippen LogP contribution in [0.25, 0.3) is 6.08 Å². The fourth-order valence-electron chi connectivity index (χ4n) is 1.95. The molecule has 0 spiro atoms. The highest BCUT2D eigenvalue weighted by atomic mass is 16.7. The van der Waals surface area contributed by atoms with Gasteiger partial charge in [0, 0.05) is 0 Å². The Hall–Kier alpha value is -1.46. The lowest BCUT2D eigenvalue weighted by Gasteiger charge is -2.32. The first kappa shape index (κ1) is 14.9. The number of methoxy groups -OCH3 is 1. The molecule has 1 saturated heterocycles. The van der Waals surface area contributed by atoms with Gasteiger partial charge in [-0.15, -0.1) is 0 Å². The number of hydrogen-bond acceptors (Lipinski definition) is 4. The topological polar surface area (TPSA) is 47.9 Å². The van der Waals surface area contributed by atoms with Crippen molar-refractivity contribution in [3.63, 3.8) is 0 Å². The summed E-state index contributed by atoms with van der Waals surface area (Å²) < 4.78 is 16.8. The number of phenols is 1. The highest BCUT2D eigenvalue weighted by Crippen LogP contribution is 2.37. The molecular formula is C15H21BO4. The zero-order valence-corrected chi connectivity index (χ0v) is 12.6. The van der Waals surface area contributed by atoms with E-state index in [1.165, 1.54) is 7.11 Å². The molecule has 1 aliphatic heterocycles. The first-order valence-electron chi connectivity index (χ1n) is 6.66. The zero-order valence-electron chi connectivity index (χ0n) is 12.6. The molecule has 1 fully saturated rings. The number of phenolic OH excluding ortho intramolecular Hbond substituents is 1. The molecule has 0 unspecified atom stereocenters. The van der Waals surface area contributed by atoms with Crippen molar-refractivity contribution in [2.24, 2.45) is 0 Å². The summed E-state index contributed by atoms with van der Waals surface area (Å²) >= 11 is 0. The smallest absolute Gasteiger partial charge is 0.487 e. The van der Waals surface area contributed by atoms with Crippen molar-refractivity contribution < 1.29 is 19.2 Å². The van der Waals surface area contributed by atoms with E-state index in [4.69, 9.17) is 14.0 Å². The molecule has 0 amide bonds. The molecule has 0 aromatic heterocycles. The van der Waals surface area contributed by atoms with E-state index < -0.39 is 0 Å². The third-order valence-corrected chi connectivity index (χ3v) is 3.92. The number of ether oxygens (including phenoxy) is 1. The van der Waals surface area contributed by atoms with Gasteiger partial charge in [-0.1, -0.05) is 18.1 Å². The number of aromatic hydroxyl groups is 1. The van der Waals surface area contributed by atoms with Crippen LogP contribution >= 0.6 is 0 Å². The summed E-state index contributed by atoms with van der Waals surface area (Å²) in [5.41, 5.74) is 0.234. The van der Waals surface area contributed by atoms with Crippen LogP contribution in [0.4, 0.5) is 0 Å². The van der Waals surface area contributed by atoms with Gasteiger partial charge in [0.1, 0.15) is 0 Å². The molecule has 0 atom stereocenters. The molecule has 0 bridgehead atoms. The van der Waals surface area contributed by atoms with Crippen LogP contribution in [0, 0.1) is 0 Å². The molecule has 1 aliphatic rings. The van der Waals surface area contributed by atoms with E-state index in [9.17, 15) is 5.11 Å². The van der Waals surface area contributed by atoms with Crippen LogP contribution in [0.5, 0.6) is 11.5 Å². The molecule has 1 N–H and O–H groups in total. The minimum Gasteiger partial charge on any atom is -0.504 e. The summed E-state index contributed by atoms with van der Waals surface area (Å²) in [6.07, 6.45) is 1.89. The maximum absolute atomic E-state index is 9.55. The number of hydrogen-bond donors (Lipinski definition) is 1. The van der Waals surface area contributed by atoms with Crippen LogP contribution in [-0.2, 0) is 9.31 Å². The standard InChI is InChI=1S/C15H21BO4/c1-14(2)15(3,4)20-16(19-14)9-8-11-6-7-12(17)13(10-11)18-5/h6-10,17H,1-5H3. The van der Waals surface area contributed by atoms with Crippen molar-refractivity contribution in [3.05, 3.63) is 29.7 Å². The average Bonchev–Trinajstić information content (AvgIpc) is 2.57. The Labute approximate surface area is 120 Å². The minimum absolute atomic E-state index is 0.125. The monoisotopic (exact) mass is 276 g/mol. The van der Waals surface area contributed by atoms with Crippen molar-refractivity contribution in [3.8, 4) is 11.5 Å². The summed E-state index contributed by atoms with van der Waals surface area (Å²) in [6, 6.07) is 5.17. The van der Waals surface area contributed by atoms with Crippen molar-refractivity contribution in [2.75, 3.05) is 7.11 Å². The second-order valence-corrected chi connectivity index (χ2v) is 5.92. The highest BCUT2D eigenvalue weighted by molar-refractivity contribution is 6.52. The summed E-state index contributed by atoms with van der Waals surface area (Å²) in [6.45, 7) is 8.07. The van der Waals surface area contributed by atoms with Gasteiger partial charge in [-0.05, 0) is 45.4 Å². The van der Waals surface area contributed by atoms with E-state index in [1.54, 1.807) is 18.2 Å². The number of benzene rings is 1. The van der Waals surface area contributed by atoms with Crippen LogP contribution in [0.3, 0.4) is 0 Å². The lowest BCUT2D eigenvalue weighted by Crippen LogP contribution is -2.41. The van der Waals surface area contributed by atoms with Gasteiger partial charge in [0.2, 0.25) is 0 Å². The Bertz CT molecular complexity index is 507. The summed E-state index contributed by atoms with van der Waals surface area (Å²) in [5.74, 6) is 2.43. The summed E-state index contributed by atoms with van der Waals surface area (Å²) in [5, 5.41) is 9.55. The Morgan fingerprint density at radius 3 is 2.30 bits per heavy atom. The Kier molecular flexibility index (Phi) is 3.85. The maximum Gasteiger partial charge on any atom is 0.487 e. The highest BCUT2D eigenvalue weighted by Gasteiger charge is 2.49. The largest absolute Gasteiger partial charge is 0.504 e. The van der Waals surface area contributed by atoms with Crippen molar-refractivity contribution in [1.29, 1.82) is 0 Å². The van der Waals surface area contributed by atoms with Crippen LogP contribution < -0.4 is 4.74 Å². The van der Waals surface area contributed by atoms with Gasteiger partial charge in [0.15, 0.2) is 11.5 Å². The molecule has 1 aromatic rings. The van der Waals surface area contributed by atoms with Crippen molar-refractivity contribution >= 4 is 13.2 Å². The van der Waals surface area contributed by atoms with Crippen LogP contribution in [-0.4, -0.2) is 30.5 Å². The van der Waals surface area contributed by atoms with Crippen LogP contribution in [0.1, 0.15) is 33.3 Å². The first-order chi connectivity index (χ1) is 9.25. The molecule has 0 saturated carbocycles. The fraction of sp³-hybridized carbons (Fsp3) is 0.467. The summed E-state index contributed by atoms with van der Waals surface area (Å²) in [4.78, 5) is 0. The van der Waals surface area contributed by atoms with Crippen LogP contribution in [0.2, 0.25) is 0 Å². The molecule has 20 heavy (non-hydrogen) atoms. The third-order valence-electron chi connectivity index (χ3n) is 3.92. The van der Waals surface area contributed by atoms with Gasteiger partial charge in [-0.2, -0.15) is 0 Å². The molecule has 4 nitrogen and oxygen atoms in total. The van der Waals surface area contributed by atoms with Crippen LogP contribution in [0.15, 0.2) is 24.2 Å². The van der Waals surface area contributed by atoms with Gasteiger partial charge in [0.05, 0.1) is 18.3 Å². The van der Waals surface area contributed by atoms with E-state index in [2.05, 4.69) is 0 Å². The van der Waals surface area contributed by atoms with Gasteiger partial charge in [0.25, 0.3) is 0 Å². The second kappa shape index (κ2) is 5.15.